The van der Waals surface area contributed by atoms with E-state index >= 15 is 0 Å². The molecule has 1 aromatic heterocycles. The lowest BCUT2D eigenvalue weighted by Crippen LogP contribution is -2.46. The molecule has 6 nitrogen and oxygen atoms in total. The summed E-state index contributed by atoms with van der Waals surface area (Å²) in [4.78, 5) is 24.8. The van der Waals surface area contributed by atoms with Gasteiger partial charge in [-0.1, -0.05) is 32.0 Å². The SMILES string of the molecule is CCOCc1c(C(=O)N[C@@H](CC(C)C)C(=O)NC)oc2ccccc12. The van der Waals surface area contributed by atoms with Crippen molar-refractivity contribution in [3.63, 3.8) is 0 Å². The summed E-state index contributed by atoms with van der Waals surface area (Å²) in [5.74, 6) is -0.154. The standard InChI is InChI=1S/C19H26N2O4/c1-5-24-11-14-13-8-6-7-9-16(13)25-17(14)19(23)21-15(10-12(2)3)18(22)20-4/h6-9,12,15H,5,10-11H2,1-4H3,(H,20,22)(H,21,23)/t15-/m0/s1. The Labute approximate surface area is 147 Å². The van der Waals surface area contributed by atoms with Gasteiger partial charge in [0, 0.05) is 24.6 Å². The molecular weight excluding hydrogens is 320 g/mol. The molecule has 0 radical (unpaired) electrons. The van der Waals surface area contributed by atoms with Crippen LogP contribution in [-0.2, 0) is 16.1 Å². The van der Waals surface area contributed by atoms with Crippen LogP contribution in [0.25, 0.3) is 11.0 Å². The van der Waals surface area contributed by atoms with Crippen molar-refractivity contribution in [3.05, 3.63) is 35.6 Å². The fourth-order valence-electron chi connectivity index (χ4n) is 2.73. The molecule has 2 N–H and O–H groups in total. The first kappa shape index (κ1) is 19.0. The number of nitrogens with one attached hydrogen (secondary N) is 2. The third-order valence-electron chi connectivity index (χ3n) is 3.93. The first-order chi connectivity index (χ1) is 12.0. The molecule has 1 atom stereocenters. The van der Waals surface area contributed by atoms with Gasteiger partial charge in [-0.25, -0.2) is 0 Å². The van der Waals surface area contributed by atoms with Crippen molar-refractivity contribution in [3.8, 4) is 0 Å². The number of amides is 2. The number of carbonyl (C=O) groups excluding carboxylic acids is 2. The minimum Gasteiger partial charge on any atom is -0.451 e. The van der Waals surface area contributed by atoms with Gasteiger partial charge in [0.2, 0.25) is 5.91 Å². The number of ether oxygens (including phenoxy) is 1. The van der Waals surface area contributed by atoms with Crippen LogP contribution in [0.3, 0.4) is 0 Å². The van der Waals surface area contributed by atoms with Crippen LogP contribution in [0.4, 0.5) is 0 Å². The Balaban J connectivity index is 2.32. The lowest BCUT2D eigenvalue weighted by atomic mass is 10.0. The number of likely N-dealkylation sites (N-methyl/N-ethyl adjacent to an activating group) is 1. The van der Waals surface area contributed by atoms with Gasteiger partial charge < -0.3 is 19.8 Å². The van der Waals surface area contributed by atoms with Gasteiger partial charge in [0.05, 0.1) is 6.61 Å². The molecule has 0 saturated carbocycles. The quantitative estimate of drug-likeness (QED) is 0.770. The van der Waals surface area contributed by atoms with E-state index in [0.29, 0.717) is 24.2 Å². The molecule has 0 spiro atoms. The van der Waals surface area contributed by atoms with Crippen LogP contribution in [0, 0.1) is 5.92 Å². The number of benzene rings is 1. The zero-order valence-corrected chi connectivity index (χ0v) is 15.2. The maximum absolute atomic E-state index is 12.8. The minimum atomic E-state index is -0.606. The topological polar surface area (TPSA) is 80.6 Å². The highest BCUT2D eigenvalue weighted by molar-refractivity contribution is 6.01. The Kier molecular flexibility index (Phi) is 6.58. The Morgan fingerprint density at radius 3 is 2.60 bits per heavy atom. The normalized spacial score (nSPS) is 12.4. The van der Waals surface area contributed by atoms with E-state index in [1.165, 1.54) is 0 Å². The molecule has 0 fully saturated rings. The van der Waals surface area contributed by atoms with E-state index in [1.807, 2.05) is 45.0 Å². The van der Waals surface area contributed by atoms with Gasteiger partial charge in [-0.3, -0.25) is 9.59 Å². The van der Waals surface area contributed by atoms with E-state index in [9.17, 15) is 9.59 Å². The first-order valence-electron chi connectivity index (χ1n) is 8.58. The summed E-state index contributed by atoms with van der Waals surface area (Å²) in [5.41, 5.74) is 1.33. The monoisotopic (exact) mass is 346 g/mol. The van der Waals surface area contributed by atoms with Gasteiger partial charge in [-0.15, -0.1) is 0 Å². The molecule has 2 amide bonds. The predicted octanol–water partition coefficient (Wildman–Crippen LogP) is 2.86. The van der Waals surface area contributed by atoms with Gasteiger partial charge in [0.25, 0.3) is 5.91 Å². The minimum absolute atomic E-state index is 0.201. The van der Waals surface area contributed by atoms with Crippen molar-refractivity contribution in [2.75, 3.05) is 13.7 Å². The van der Waals surface area contributed by atoms with E-state index in [1.54, 1.807) is 7.05 Å². The van der Waals surface area contributed by atoms with E-state index < -0.39 is 11.9 Å². The number of hydrogen-bond donors (Lipinski definition) is 2. The van der Waals surface area contributed by atoms with Crippen LogP contribution in [-0.4, -0.2) is 31.5 Å². The summed E-state index contributed by atoms with van der Waals surface area (Å²) in [6, 6.07) is 6.84. The number of hydrogen-bond acceptors (Lipinski definition) is 4. The third kappa shape index (κ3) is 4.60. The van der Waals surface area contributed by atoms with Crippen LogP contribution in [0.2, 0.25) is 0 Å². The fraction of sp³-hybridized carbons (Fsp3) is 0.474. The van der Waals surface area contributed by atoms with Crippen LogP contribution in [0.15, 0.2) is 28.7 Å². The van der Waals surface area contributed by atoms with E-state index in [4.69, 9.17) is 9.15 Å². The van der Waals surface area contributed by atoms with Crippen molar-refractivity contribution in [2.45, 2.75) is 39.8 Å². The van der Waals surface area contributed by atoms with Gasteiger partial charge in [0.15, 0.2) is 5.76 Å². The molecule has 0 saturated heterocycles. The zero-order chi connectivity index (χ0) is 18.4. The van der Waals surface area contributed by atoms with Crippen LogP contribution >= 0.6 is 0 Å². The zero-order valence-electron chi connectivity index (χ0n) is 15.2. The van der Waals surface area contributed by atoms with Gasteiger partial charge in [0.1, 0.15) is 11.6 Å². The summed E-state index contributed by atoms with van der Waals surface area (Å²) in [7, 11) is 1.56. The maximum atomic E-state index is 12.8. The number of rotatable bonds is 8. The molecule has 0 aliphatic heterocycles. The number of furan rings is 1. The van der Waals surface area contributed by atoms with Crippen molar-refractivity contribution < 1.29 is 18.7 Å². The van der Waals surface area contributed by atoms with Crippen LogP contribution in [0.1, 0.15) is 43.3 Å². The highest BCUT2D eigenvalue weighted by Gasteiger charge is 2.26. The molecule has 0 unspecified atom stereocenters. The van der Waals surface area contributed by atoms with E-state index in [-0.39, 0.29) is 24.2 Å². The second-order valence-electron chi connectivity index (χ2n) is 6.31. The fourth-order valence-corrected chi connectivity index (χ4v) is 2.73. The Bertz CT molecular complexity index is 736. The summed E-state index contributed by atoms with van der Waals surface area (Å²) in [6.07, 6.45) is 0.548. The molecule has 2 aromatic rings. The van der Waals surface area contributed by atoms with Gasteiger partial charge in [-0.05, 0) is 25.3 Å². The third-order valence-corrected chi connectivity index (χ3v) is 3.93. The van der Waals surface area contributed by atoms with Crippen LogP contribution < -0.4 is 10.6 Å². The predicted molar refractivity (Wildman–Crippen MR) is 96.3 cm³/mol. The molecule has 2 rings (SSSR count). The second kappa shape index (κ2) is 8.67. The van der Waals surface area contributed by atoms with E-state index in [2.05, 4.69) is 10.6 Å². The van der Waals surface area contributed by atoms with E-state index in [0.717, 1.165) is 5.39 Å². The number of fused-ring (bicyclic) bond motifs is 1. The molecule has 0 aliphatic rings. The lowest BCUT2D eigenvalue weighted by molar-refractivity contribution is -0.122. The first-order valence-corrected chi connectivity index (χ1v) is 8.58. The van der Waals surface area contributed by atoms with Crippen molar-refractivity contribution in [1.29, 1.82) is 0 Å². The molecule has 0 aliphatic carbocycles. The number of carbonyl (C=O) groups is 2. The summed E-state index contributed by atoms with van der Waals surface area (Å²) in [5, 5.41) is 6.24. The van der Waals surface area contributed by atoms with Gasteiger partial charge in [-0.2, -0.15) is 0 Å². The highest BCUT2D eigenvalue weighted by Crippen LogP contribution is 2.27. The van der Waals surface area contributed by atoms with Crippen molar-refractivity contribution in [2.24, 2.45) is 5.92 Å². The Hall–Kier alpha value is -2.34. The van der Waals surface area contributed by atoms with Crippen molar-refractivity contribution >= 4 is 22.8 Å². The average Bonchev–Trinajstić information content (AvgIpc) is 2.97. The summed E-state index contributed by atoms with van der Waals surface area (Å²) in [6.45, 7) is 6.72. The smallest absolute Gasteiger partial charge is 0.288 e. The lowest BCUT2D eigenvalue weighted by Gasteiger charge is -2.18. The molecule has 1 heterocycles. The molecule has 1 aromatic carbocycles. The van der Waals surface area contributed by atoms with Gasteiger partial charge >= 0.3 is 0 Å². The summed E-state index contributed by atoms with van der Waals surface area (Å²) < 4.78 is 11.2. The second-order valence-corrected chi connectivity index (χ2v) is 6.31. The Morgan fingerprint density at radius 2 is 1.96 bits per heavy atom. The average molecular weight is 346 g/mol. The number of para-hydroxylation sites is 1. The highest BCUT2D eigenvalue weighted by atomic mass is 16.5. The molecule has 6 heteroatoms. The molecule has 136 valence electrons. The molecule has 0 bridgehead atoms. The maximum Gasteiger partial charge on any atom is 0.288 e. The Morgan fingerprint density at radius 1 is 1.24 bits per heavy atom. The van der Waals surface area contributed by atoms with Crippen LogP contribution in [0.5, 0.6) is 0 Å². The molecule has 25 heavy (non-hydrogen) atoms. The summed E-state index contributed by atoms with van der Waals surface area (Å²) >= 11 is 0. The largest absolute Gasteiger partial charge is 0.451 e. The molecular formula is C19H26N2O4. The van der Waals surface area contributed by atoms with Crippen molar-refractivity contribution in [1.82, 2.24) is 10.6 Å².